The fraction of sp³-hybridized carbons (Fsp3) is 0.0588. The lowest BCUT2D eigenvalue weighted by Gasteiger charge is -2.11. The summed E-state index contributed by atoms with van der Waals surface area (Å²) < 4.78 is 5.79. The molecule has 0 aliphatic rings. The van der Waals surface area contributed by atoms with Crippen LogP contribution in [0.25, 0.3) is 10.9 Å². The van der Waals surface area contributed by atoms with Gasteiger partial charge in [0.2, 0.25) is 0 Å². The van der Waals surface area contributed by atoms with Gasteiger partial charge in [-0.1, -0.05) is 48.0 Å². The molecule has 0 bridgehead atoms. The molecule has 0 aliphatic heterocycles. The first kappa shape index (κ1) is 14.4. The highest BCUT2D eigenvalue weighted by molar-refractivity contribution is 6.35. The molecule has 0 aliphatic carbocycles. The van der Waals surface area contributed by atoms with E-state index in [0.717, 1.165) is 5.56 Å². The summed E-state index contributed by atoms with van der Waals surface area (Å²) in [4.78, 5) is 15.3. The highest BCUT2D eigenvalue weighted by Gasteiger charge is 2.13. The van der Waals surface area contributed by atoms with Crippen molar-refractivity contribution in [2.24, 2.45) is 0 Å². The first-order valence-electron chi connectivity index (χ1n) is 6.64. The maximum atomic E-state index is 11.2. The average molecular weight is 314 g/mol. The highest BCUT2D eigenvalue weighted by Crippen LogP contribution is 2.30. The fourth-order valence-electron chi connectivity index (χ4n) is 2.15. The predicted molar refractivity (Wildman–Crippen MR) is 84.5 cm³/mol. The van der Waals surface area contributed by atoms with Crippen LogP contribution in [0.2, 0.25) is 5.02 Å². The second-order valence-corrected chi connectivity index (χ2v) is 5.13. The number of para-hydroxylation sites is 1. The summed E-state index contributed by atoms with van der Waals surface area (Å²) in [6, 6.07) is 16.3. The van der Waals surface area contributed by atoms with Crippen LogP contribution in [0.15, 0.2) is 54.6 Å². The number of pyridine rings is 1. The monoisotopic (exact) mass is 313 g/mol. The summed E-state index contributed by atoms with van der Waals surface area (Å²) in [5.74, 6) is -0.667. The molecule has 22 heavy (non-hydrogen) atoms. The number of carboxylic acid groups (broad SMARTS) is 1. The lowest BCUT2D eigenvalue weighted by molar-refractivity contribution is 0.0690. The molecule has 3 aromatic rings. The third kappa shape index (κ3) is 2.87. The van der Waals surface area contributed by atoms with Crippen molar-refractivity contribution in [3.05, 3.63) is 70.9 Å². The molecule has 1 N–H and O–H groups in total. The minimum Gasteiger partial charge on any atom is -0.488 e. The second kappa shape index (κ2) is 6.03. The molecule has 3 rings (SSSR count). The average Bonchev–Trinajstić information content (AvgIpc) is 2.54. The summed E-state index contributed by atoms with van der Waals surface area (Å²) in [6.07, 6.45) is 0. The van der Waals surface area contributed by atoms with E-state index < -0.39 is 5.97 Å². The van der Waals surface area contributed by atoms with Gasteiger partial charge in [0.1, 0.15) is 12.4 Å². The van der Waals surface area contributed by atoms with Crippen molar-refractivity contribution in [3.63, 3.8) is 0 Å². The lowest BCUT2D eigenvalue weighted by Crippen LogP contribution is -2.03. The van der Waals surface area contributed by atoms with Gasteiger partial charge in [-0.2, -0.15) is 0 Å². The largest absolute Gasteiger partial charge is 0.488 e. The van der Waals surface area contributed by atoms with E-state index in [4.69, 9.17) is 16.3 Å². The van der Waals surface area contributed by atoms with Crippen LogP contribution in [0.5, 0.6) is 5.75 Å². The van der Waals surface area contributed by atoms with Crippen molar-refractivity contribution in [2.45, 2.75) is 6.61 Å². The molecule has 0 unspecified atom stereocenters. The van der Waals surface area contributed by atoms with Gasteiger partial charge in [0.25, 0.3) is 0 Å². The SMILES string of the molecule is O=C(O)c1cc(OCc2ccccc2)c2cccc(Cl)c2n1. The third-order valence-corrected chi connectivity index (χ3v) is 3.51. The van der Waals surface area contributed by atoms with E-state index in [1.165, 1.54) is 6.07 Å². The zero-order chi connectivity index (χ0) is 15.5. The molecule has 0 radical (unpaired) electrons. The van der Waals surface area contributed by atoms with Gasteiger partial charge < -0.3 is 9.84 Å². The van der Waals surface area contributed by atoms with Crippen LogP contribution in [-0.2, 0) is 6.61 Å². The van der Waals surface area contributed by atoms with Crippen LogP contribution in [0.4, 0.5) is 0 Å². The Balaban J connectivity index is 2.03. The van der Waals surface area contributed by atoms with Gasteiger partial charge in [0.15, 0.2) is 5.69 Å². The van der Waals surface area contributed by atoms with E-state index in [1.54, 1.807) is 18.2 Å². The Hall–Kier alpha value is -2.59. The molecule has 0 fully saturated rings. The molecule has 110 valence electrons. The first-order valence-corrected chi connectivity index (χ1v) is 7.02. The smallest absolute Gasteiger partial charge is 0.354 e. The van der Waals surface area contributed by atoms with E-state index in [0.29, 0.717) is 28.3 Å². The Kier molecular flexibility index (Phi) is 3.94. The van der Waals surface area contributed by atoms with Crippen molar-refractivity contribution in [3.8, 4) is 5.75 Å². The number of halogens is 1. The summed E-state index contributed by atoms with van der Waals surface area (Å²) in [7, 11) is 0. The van der Waals surface area contributed by atoms with Crippen LogP contribution in [0, 0.1) is 0 Å². The number of rotatable bonds is 4. The van der Waals surface area contributed by atoms with Gasteiger partial charge in [-0.3, -0.25) is 0 Å². The van der Waals surface area contributed by atoms with Crippen LogP contribution >= 0.6 is 11.6 Å². The number of fused-ring (bicyclic) bond motifs is 1. The zero-order valence-corrected chi connectivity index (χ0v) is 12.2. The van der Waals surface area contributed by atoms with Crippen LogP contribution in [0.1, 0.15) is 16.1 Å². The maximum Gasteiger partial charge on any atom is 0.354 e. The van der Waals surface area contributed by atoms with Gasteiger partial charge in [0.05, 0.1) is 10.5 Å². The third-order valence-electron chi connectivity index (χ3n) is 3.21. The van der Waals surface area contributed by atoms with Gasteiger partial charge in [-0.25, -0.2) is 9.78 Å². The number of aromatic carboxylic acids is 1. The lowest BCUT2D eigenvalue weighted by atomic mass is 10.1. The Morgan fingerprint density at radius 1 is 1.14 bits per heavy atom. The number of carbonyl (C=O) groups is 1. The van der Waals surface area contributed by atoms with Crippen molar-refractivity contribution in [1.82, 2.24) is 4.98 Å². The highest BCUT2D eigenvalue weighted by atomic mass is 35.5. The van der Waals surface area contributed by atoms with Crippen LogP contribution in [-0.4, -0.2) is 16.1 Å². The molecular weight excluding hydrogens is 302 g/mol. The molecule has 0 spiro atoms. The molecule has 2 aromatic carbocycles. The van der Waals surface area contributed by atoms with Gasteiger partial charge in [-0.15, -0.1) is 0 Å². The van der Waals surface area contributed by atoms with E-state index in [-0.39, 0.29) is 5.69 Å². The minimum atomic E-state index is -1.12. The molecular formula is C17H12ClNO3. The Labute approximate surface area is 131 Å². The van der Waals surface area contributed by atoms with Crippen molar-refractivity contribution < 1.29 is 14.6 Å². The first-order chi connectivity index (χ1) is 10.6. The summed E-state index contributed by atoms with van der Waals surface area (Å²) >= 11 is 6.11. The van der Waals surface area contributed by atoms with E-state index in [2.05, 4.69) is 4.98 Å². The van der Waals surface area contributed by atoms with E-state index in [1.807, 2.05) is 30.3 Å². The Morgan fingerprint density at radius 3 is 2.64 bits per heavy atom. The van der Waals surface area contributed by atoms with Gasteiger partial charge >= 0.3 is 5.97 Å². The summed E-state index contributed by atoms with van der Waals surface area (Å²) in [5, 5.41) is 10.3. The van der Waals surface area contributed by atoms with Gasteiger partial charge in [-0.05, 0) is 17.7 Å². The van der Waals surface area contributed by atoms with Gasteiger partial charge in [0, 0.05) is 11.5 Å². The molecule has 0 atom stereocenters. The molecule has 0 amide bonds. The normalized spacial score (nSPS) is 10.6. The maximum absolute atomic E-state index is 11.2. The predicted octanol–water partition coefficient (Wildman–Crippen LogP) is 4.17. The topological polar surface area (TPSA) is 59.4 Å². The number of carboxylic acids is 1. The Bertz CT molecular complexity index is 834. The second-order valence-electron chi connectivity index (χ2n) is 4.72. The Morgan fingerprint density at radius 2 is 1.91 bits per heavy atom. The summed E-state index contributed by atoms with van der Waals surface area (Å²) in [6.45, 7) is 0.339. The van der Waals surface area contributed by atoms with Crippen LogP contribution in [0.3, 0.4) is 0 Å². The zero-order valence-electron chi connectivity index (χ0n) is 11.5. The molecule has 1 aromatic heterocycles. The number of benzene rings is 2. The number of ether oxygens (including phenoxy) is 1. The molecule has 1 heterocycles. The number of aromatic nitrogens is 1. The molecule has 0 saturated heterocycles. The standard InChI is InChI=1S/C17H12ClNO3/c18-13-8-4-7-12-15(9-14(17(20)21)19-16(12)13)22-10-11-5-2-1-3-6-11/h1-9H,10H2,(H,20,21). The fourth-order valence-corrected chi connectivity index (χ4v) is 2.36. The number of nitrogens with zero attached hydrogens (tertiary/aromatic N) is 1. The number of hydrogen-bond donors (Lipinski definition) is 1. The van der Waals surface area contributed by atoms with Crippen molar-refractivity contribution >= 4 is 28.5 Å². The summed E-state index contributed by atoms with van der Waals surface area (Å²) in [5.41, 5.74) is 1.32. The molecule has 5 heteroatoms. The van der Waals surface area contributed by atoms with Crippen molar-refractivity contribution in [1.29, 1.82) is 0 Å². The molecule has 0 saturated carbocycles. The van der Waals surface area contributed by atoms with Crippen molar-refractivity contribution in [2.75, 3.05) is 0 Å². The van der Waals surface area contributed by atoms with E-state index in [9.17, 15) is 9.90 Å². The quantitative estimate of drug-likeness (QED) is 0.785. The minimum absolute atomic E-state index is 0.0938. The molecule has 4 nitrogen and oxygen atoms in total. The van der Waals surface area contributed by atoms with Crippen LogP contribution < -0.4 is 4.74 Å². The number of hydrogen-bond acceptors (Lipinski definition) is 3. The van der Waals surface area contributed by atoms with E-state index >= 15 is 0 Å².